The molecule has 0 radical (unpaired) electrons. The van der Waals surface area contributed by atoms with Crippen molar-refractivity contribution in [2.24, 2.45) is 0 Å². The fraction of sp³-hybridized carbons (Fsp3) is 0.263. The van der Waals surface area contributed by atoms with E-state index in [-0.39, 0.29) is 28.2 Å². The van der Waals surface area contributed by atoms with Crippen LogP contribution < -0.4 is 14.2 Å². The van der Waals surface area contributed by atoms with Gasteiger partial charge in [0.25, 0.3) is 0 Å². The van der Waals surface area contributed by atoms with Gasteiger partial charge in [-0.05, 0) is 24.6 Å². The quantitative estimate of drug-likeness (QED) is 0.464. The van der Waals surface area contributed by atoms with E-state index >= 15 is 0 Å². The van der Waals surface area contributed by atoms with Crippen molar-refractivity contribution in [3.63, 3.8) is 0 Å². The molecule has 2 N–H and O–H groups in total. The van der Waals surface area contributed by atoms with E-state index in [0.29, 0.717) is 17.9 Å². The van der Waals surface area contributed by atoms with E-state index in [2.05, 4.69) is 0 Å². The fourth-order valence-electron chi connectivity index (χ4n) is 2.61. The van der Waals surface area contributed by atoms with Gasteiger partial charge in [0.2, 0.25) is 5.78 Å². The summed E-state index contributed by atoms with van der Waals surface area (Å²) in [6.45, 7) is 2.90. The molecule has 7 nitrogen and oxygen atoms in total. The van der Waals surface area contributed by atoms with E-state index in [1.807, 2.05) is 0 Å². The first-order valence-corrected chi connectivity index (χ1v) is 7.86. The molecule has 0 aromatic heterocycles. The highest BCUT2D eigenvalue weighted by Crippen LogP contribution is 2.40. The molecular formula is C19H20O7. The van der Waals surface area contributed by atoms with Crippen LogP contribution in [0, 0.1) is 0 Å². The molecule has 2 aromatic carbocycles. The molecule has 0 heterocycles. The Labute approximate surface area is 150 Å². The van der Waals surface area contributed by atoms with Gasteiger partial charge in [0.15, 0.2) is 17.2 Å². The largest absolute Gasteiger partial charge is 0.507 e. The molecule has 2 rings (SSSR count). The number of benzene rings is 2. The summed E-state index contributed by atoms with van der Waals surface area (Å²) >= 11 is 0. The van der Waals surface area contributed by atoms with Gasteiger partial charge in [-0.25, -0.2) is 0 Å². The highest BCUT2D eigenvalue weighted by molar-refractivity contribution is 6.13. The monoisotopic (exact) mass is 360 g/mol. The van der Waals surface area contributed by atoms with E-state index in [0.717, 1.165) is 6.07 Å². The Balaban J connectivity index is 2.67. The zero-order valence-corrected chi connectivity index (χ0v) is 15.0. The minimum Gasteiger partial charge on any atom is -0.507 e. The lowest BCUT2D eigenvalue weighted by Gasteiger charge is -2.16. The SMILES string of the molecule is CCc1c(O)cc(O)c(C(=O)c2ccc(OC)c(OC)c2)c1OC(C)=O. The first-order valence-electron chi connectivity index (χ1n) is 7.86. The number of hydrogen-bond donors (Lipinski definition) is 2. The van der Waals surface area contributed by atoms with Gasteiger partial charge in [0.1, 0.15) is 17.1 Å². The number of hydrogen-bond acceptors (Lipinski definition) is 7. The van der Waals surface area contributed by atoms with Crippen LogP contribution in [0.25, 0.3) is 0 Å². The molecule has 0 aliphatic carbocycles. The number of ether oxygens (including phenoxy) is 3. The van der Waals surface area contributed by atoms with Gasteiger partial charge in [-0.15, -0.1) is 0 Å². The van der Waals surface area contributed by atoms with Crippen molar-refractivity contribution in [1.82, 2.24) is 0 Å². The molecule has 0 aliphatic heterocycles. The zero-order valence-electron chi connectivity index (χ0n) is 15.0. The van der Waals surface area contributed by atoms with Crippen LogP contribution in [0.2, 0.25) is 0 Å². The lowest BCUT2D eigenvalue weighted by Crippen LogP contribution is -2.11. The molecule has 2 aromatic rings. The Morgan fingerprint density at radius 1 is 1.00 bits per heavy atom. The number of carbonyl (C=O) groups is 2. The van der Waals surface area contributed by atoms with Crippen LogP contribution in [0.15, 0.2) is 24.3 Å². The molecule has 0 amide bonds. The predicted octanol–water partition coefficient (Wildman–Crippen LogP) is 2.83. The molecule has 0 saturated carbocycles. The summed E-state index contributed by atoms with van der Waals surface area (Å²) in [6.07, 6.45) is 0.293. The zero-order chi connectivity index (χ0) is 19.4. The first-order chi connectivity index (χ1) is 12.3. The molecule has 138 valence electrons. The second-order valence-corrected chi connectivity index (χ2v) is 5.44. The van der Waals surface area contributed by atoms with E-state index in [1.165, 1.54) is 33.3 Å². The lowest BCUT2D eigenvalue weighted by atomic mass is 9.96. The van der Waals surface area contributed by atoms with Gasteiger partial charge in [0, 0.05) is 24.1 Å². The second kappa shape index (κ2) is 7.77. The maximum atomic E-state index is 13.0. The highest BCUT2D eigenvalue weighted by atomic mass is 16.5. The maximum absolute atomic E-state index is 13.0. The van der Waals surface area contributed by atoms with E-state index < -0.39 is 17.5 Å². The van der Waals surface area contributed by atoms with Gasteiger partial charge < -0.3 is 24.4 Å². The molecule has 0 fully saturated rings. The Kier molecular flexibility index (Phi) is 5.71. The van der Waals surface area contributed by atoms with E-state index in [9.17, 15) is 19.8 Å². The van der Waals surface area contributed by atoms with Gasteiger partial charge in [0.05, 0.1) is 14.2 Å². The van der Waals surface area contributed by atoms with Crippen LogP contribution in [0.4, 0.5) is 0 Å². The number of phenolic OH excluding ortho intramolecular Hbond substituents is 2. The minimum atomic E-state index is -0.675. The molecule has 26 heavy (non-hydrogen) atoms. The Hall–Kier alpha value is -3.22. The second-order valence-electron chi connectivity index (χ2n) is 5.44. The van der Waals surface area contributed by atoms with Crippen molar-refractivity contribution in [1.29, 1.82) is 0 Å². The van der Waals surface area contributed by atoms with E-state index in [1.54, 1.807) is 13.0 Å². The van der Waals surface area contributed by atoms with Crippen LogP contribution >= 0.6 is 0 Å². The third kappa shape index (κ3) is 3.56. The van der Waals surface area contributed by atoms with Crippen molar-refractivity contribution in [2.75, 3.05) is 14.2 Å². The van der Waals surface area contributed by atoms with Gasteiger partial charge >= 0.3 is 5.97 Å². The number of methoxy groups -OCH3 is 2. The molecular weight excluding hydrogens is 340 g/mol. The molecule has 0 saturated heterocycles. The molecule has 0 aliphatic rings. The number of ketones is 1. The van der Waals surface area contributed by atoms with Gasteiger partial charge in [-0.2, -0.15) is 0 Å². The summed E-state index contributed by atoms with van der Waals surface area (Å²) < 4.78 is 15.5. The predicted molar refractivity (Wildman–Crippen MR) is 93.4 cm³/mol. The Morgan fingerprint density at radius 3 is 2.19 bits per heavy atom. The number of esters is 1. The minimum absolute atomic E-state index is 0.155. The summed E-state index contributed by atoms with van der Waals surface area (Å²) in [5.74, 6) is -1.40. The van der Waals surface area contributed by atoms with Crippen LogP contribution in [0.1, 0.15) is 35.3 Å². The number of rotatable bonds is 6. The maximum Gasteiger partial charge on any atom is 0.308 e. The topological polar surface area (TPSA) is 102 Å². The Morgan fingerprint density at radius 2 is 1.65 bits per heavy atom. The molecule has 7 heteroatoms. The van der Waals surface area contributed by atoms with Crippen LogP contribution in [-0.4, -0.2) is 36.2 Å². The van der Waals surface area contributed by atoms with Gasteiger partial charge in [-0.3, -0.25) is 9.59 Å². The van der Waals surface area contributed by atoms with Crippen molar-refractivity contribution in [2.45, 2.75) is 20.3 Å². The van der Waals surface area contributed by atoms with Gasteiger partial charge in [-0.1, -0.05) is 6.92 Å². The number of aromatic hydroxyl groups is 2. The van der Waals surface area contributed by atoms with E-state index in [4.69, 9.17) is 14.2 Å². The van der Waals surface area contributed by atoms with Crippen molar-refractivity contribution < 1.29 is 34.0 Å². The normalized spacial score (nSPS) is 10.3. The van der Waals surface area contributed by atoms with Crippen LogP contribution in [-0.2, 0) is 11.2 Å². The number of carbonyl (C=O) groups excluding carboxylic acids is 2. The molecule has 0 atom stereocenters. The number of phenols is 2. The molecule has 0 unspecified atom stereocenters. The molecule has 0 bridgehead atoms. The van der Waals surface area contributed by atoms with Crippen molar-refractivity contribution >= 4 is 11.8 Å². The Bertz CT molecular complexity index is 855. The smallest absolute Gasteiger partial charge is 0.308 e. The molecule has 0 spiro atoms. The fourth-order valence-corrected chi connectivity index (χ4v) is 2.61. The summed E-state index contributed by atoms with van der Waals surface area (Å²) in [5.41, 5.74) is 0.239. The van der Waals surface area contributed by atoms with Crippen molar-refractivity contribution in [3.8, 4) is 28.7 Å². The van der Waals surface area contributed by atoms with Crippen LogP contribution in [0.3, 0.4) is 0 Å². The average molecular weight is 360 g/mol. The van der Waals surface area contributed by atoms with Crippen molar-refractivity contribution in [3.05, 3.63) is 41.0 Å². The summed E-state index contributed by atoms with van der Waals surface area (Å²) in [4.78, 5) is 24.5. The highest BCUT2D eigenvalue weighted by Gasteiger charge is 2.26. The lowest BCUT2D eigenvalue weighted by molar-refractivity contribution is -0.131. The van der Waals surface area contributed by atoms with Crippen LogP contribution in [0.5, 0.6) is 28.7 Å². The standard InChI is InChI=1S/C19H20O7/c1-5-12-13(21)9-14(22)17(19(12)26-10(2)20)18(23)11-6-7-15(24-3)16(8-11)25-4/h6-9,21-22H,5H2,1-4H3. The third-order valence-corrected chi connectivity index (χ3v) is 3.81. The summed E-state index contributed by atoms with van der Waals surface area (Å²) in [7, 11) is 2.90. The first kappa shape index (κ1) is 19.1. The average Bonchev–Trinajstić information content (AvgIpc) is 2.60. The summed E-state index contributed by atoms with van der Waals surface area (Å²) in [5, 5.41) is 20.2. The third-order valence-electron chi connectivity index (χ3n) is 3.81. The summed E-state index contributed by atoms with van der Waals surface area (Å²) in [6, 6.07) is 5.56.